The minimum absolute atomic E-state index is 0.0566. The molecule has 4 atom stereocenters. The van der Waals surface area contributed by atoms with E-state index >= 15 is 0 Å². The van der Waals surface area contributed by atoms with Crippen LogP contribution in [0, 0.1) is 0 Å². The van der Waals surface area contributed by atoms with Gasteiger partial charge in [0, 0.05) is 23.4 Å². The Morgan fingerprint density at radius 3 is 2.47 bits per heavy atom. The SMILES string of the molecule is COCO[C@H]1C[C@@H](O)[C@H](N=[N+]=[N-])C[C@@H]1N=[N+]=[N-]. The van der Waals surface area contributed by atoms with E-state index in [9.17, 15) is 5.11 Å². The number of azide groups is 2. The molecule has 1 fully saturated rings. The summed E-state index contributed by atoms with van der Waals surface area (Å²) in [5.41, 5.74) is 16.8. The van der Waals surface area contributed by atoms with Gasteiger partial charge in [-0.2, -0.15) is 0 Å². The molecule has 0 aromatic heterocycles. The third-order valence-electron chi connectivity index (χ3n) is 2.63. The van der Waals surface area contributed by atoms with Gasteiger partial charge in [-0.1, -0.05) is 10.2 Å². The average molecular weight is 242 g/mol. The maximum absolute atomic E-state index is 9.74. The van der Waals surface area contributed by atoms with Crippen LogP contribution in [0.2, 0.25) is 0 Å². The van der Waals surface area contributed by atoms with E-state index in [-0.39, 0.29) is 19.6 Å². The lowest BCUT2D eigenvalue weighted by Crippen LogP contribution is -2.44. The van der Waals surface area contributed by atoms with Crippen LogP contribution in [0.3, 0.4) is 0 Å². The van der Waals surface area contributed by atoms with E-state index in [0.717, 1.165) is 0 Å². The number of ether oxygens (including phenoxy) is 2. The van der Waals surface area contributed by atoms with Crippen molar-refractivity contribution < 1.29 is 14.6 Å². The predicted molar refractivity (Wildman–Crippen MR) is 57.9 cm³/mol. The van der Waals surface area contributed by atoms with Crippen molar-refractivity contribution in [1.29, 1.82) is 0 Å². The van der Waals surface area contributed by atoms with Gasteiger partial charge in [-0.15, -0.1) is 0 Å². The summed E-state index contributed by atoms with van der Waals surface area (Å²) in [4.78, 5) is 5.38. The molecular formula is C8H14N6O3. The van der Waals surface area contributed by atoms with Crippen LogP contribution in [-0.2, 0) is 9.47 Å². The molecule has 0 amide bonds. The van der Waals surface area contributed by atoms with E-state index in [1.54, 1.807) is 0 Å². The van der Waals surface area contributed by atoms with E-state index in [4.69, 9.17) is 20.5 Å². The smallest absolute Gasteiger partial charge is 0.146 e. The summed E-state index contributed by atoms with van der Waals surface area (Å²) >= 11 is 0. The highest BCUT2D eigenvalue weighted by molar-refractivity contribution is 4.94. The van der Waals surface area contributed by atoms with Crippen LogP contribution >= 0.6 is 0 Å². The van der Waals surface area contributed by atoms with Gasteiger partial charge in [0.2, 0.25) is 0 Å². The van der Waals surface area contributed by atoms with E-state index in [2.05, 4.69) is 20.1 Å². The Bertz CT molecular complexity index is 338. The summed E-state index contributed by atoms with van der Waals surface area (Å²) in [6.45, 7) is 0.0566. The normalized spacial score (nSPS) is 32.4. The molecular weight excluding hydrogens is 228 g/mol. The maximum Gasteiger partial charge on any atom is 0.146 e. The van der Waals surface area contributed by atoms with Crippen LogP contribution in [0.4, 0.5) is 0 Å². The first-order valence-corrected chi connectivity index (χ1v) is 5.10. The minimum atomic E-state index is -0.794. The monoisotopic (exact) mass is 242 g/mol. The zero-order chi connectivity index (χ0) is 12.7. The van der Waals surface area contributed by atoms with E-state index in [0.29, 0.717) is 0 Å². The molecule has 94 valence electrons. The van der Waals surface area contributed by atoms with Gasteiger partial charge < -0.3 is 14.6 Å². The molecule has 0 aromatic rings. The topological polar surface area (TPSA) is 136 Å². The highest BCUT2D eigenvalue weighted by Gasteiger charge is 2.36. The first-order valence-electron chi connectivity index (χ1n) is 5.10. The molecule has 0 aliphatic heterocycles. The van der Waals surface area contributed by atoms with E-state index in [1.165, 1.54) is 7.11 Å². The zero-order valence-corrected chi connectivity index (χ0v) is 9.38. The number of nitrogens with zero attached hydrogens (tertiary/aromatic N) is 6. The van der Waals surface area contributed by atoms with Gasteiger partial charge in [-0.05, 0) is 17.5 Å². The number of hydrogen-bond donors (Lipinski definition) is 1. The van der Waals surface area contributed by atoms with Gasteiger partial charge >= 0.3 is 0 Å². The lowest BCUT2D eigenvalue weighted by atomic mass is 9.87. The number of methoxy groups -OCH3 is 1. The Hall–Kier alpha value is -1.50. The zero-order valence-electron chi connectivity index (χ0n) is 9.38. The standard InChI is InChI=1S/C8H14N6O3/c1-16-4-17-8-3-7(15)5(11-13-9)2-6(8)12-14-10/h5-8,15H,2-4H2,1H3/t5-,6+,7-,8+/m1/s1. The summed E-state index contributed by atoms with van der Waals surface area (Å²) < 4.78 is 10.1. The fourth-order valence-electron chi connectivity index (χ4n) is 1.82. The molecule has 0 radical (unpaired) electrons. The van der Waals surface area contributed by atoms with Crippen LogP contribution in [0.5, 0.6) is 0 Å². The molecule has 9 heteroatoms. The highest BCUT2D eigenvalue weighted by atomic mass is 16.7. The molecule has 0 bridgehead atoms. The molecule has 1 aliphatic rings. The summed E-state index contributed by atoms with van der Waals surface area (Å²) in [7, 11) is 1.48. The van der Waals surface area contributed by atoms with Crippen LogP contribution in [-0.4, -0.2) is 43.3 Å². The van der Waals surface area contributed by atoms with E-state index in [1.807, 2.05) is 0 Å². The fraction of sp³-hybridized carbons (Fsp3) is 1.00. The van der Waals surface area contributed by atoms with Crippen molar-refractivity contribution in [3.8, 4) is 0 Å². The Morgan fingerprint density at radius 2 is 1.88 bits per heavy atom. The van der Waals surface area contributed by atoms with Gasteiger partial charge in [-0.3, -0.25) is 0 Å². The molecule has 17 heavy (non-hydrogen) atoms. The molecule has 0 spiro atoms. The number of aliphatic hydroxyl groups is 1. The first-order chi connectivity index (χ1) is 8.22. The quantitative estimate of drug-likeness (QED) is 0.338. The molecule has 1 N–H and O–H groups in total. The lowest BCUT2D eigenvalue weighted by Gasteiger charge is -2.34. The number of aliphatic hydroxyl groups excluding tert-OH is 1. The van der Waals surface area contributed by atoms with Gasteiger partial charge in [0.25, 0.3) is 0 Å². The summed E-state index contributed by atoms with van der Waals surface area (Å²) in [5.74, 6) is 0. The van der Waals surface area contributed by atoms with Crippen molar-refractivity contribution in [3.05, 3.63) is 20.9 Å². The predicted octanol–water partition coefficient (Wildman–Crippen LogP) is 1.49. The molecule has 1 aliphatic carbocycles. The number of rotatable bonds is 5. The molecule has 9 nitrogen and oxygen atoms in total. The Labute approximate surface area is 97.6 Å². The van der Waals surface area contributed by atoms with Crippen molar-refractivity contribution in [3.63, 3.8) is 0 Å². The van der Waals surface area contributed by atoms with Crippen molar-refractivity contribution in [1.82, 2.24) is 0 Å². The Morgan fingerprint density at radius 1 is 1.24 bits per heavy atom. The lowest BCUT2D eigenvalue weighted by molar-refractivity contribution is -0.106. The molecule has 1 saturated carbocycles. The molecule has 0 saturated heterocycles. The second kappa shape index (κ2) is 6.95. The molecule has 1 rings (SSSR count). The summed E-state index contributed by atoms with van der Waals surface area (Å²) in [6, 6.07) is -1.05. The minimum Gasteiger partial charge on any atom is -0.393 e. The largest absolute Gasteiger partial charge is 0.393 e. The average Bonchev–Trinajstić information content (AvgIpc) is 2.32. The van der Waals surface area contributed by atoms with Crippen molar-refractivity contribution >= 4 is 0 Å². The summed E-state index contributed by atoms with van der Waals surface area (Å²) in [6.07, 6.45) is -0.704. The van der Waals surface area contributed by atoms with Crippen molar-refractivity contribution in [2.75, 3.05) is 13.9 Å². The molecule has 0 heterocycles. The molecule has 0 unspecified atom stereocenters. The van der Waals surface area contributed by atoms with Gasteiger partial charge in [0.15, 0.2) is 0 Å². The van der Waals surface area contributed by atoms with Crippen molar-refractivity contribution in [2.45, 2.75) is 37.1 Å². The van der Waals surface area contributed by atoms with Crippen molar-refractivity contribution in [2.24, 2.45) is 10.2 Å². The van der Waals surface area contributed by atoms with Crippen LogP contribution in [0.15, 0.2) is 10.2 Å². The third-order valence-corrected chi connectivity index (χ3v) is 2.63. The molecule has 0 aromatic carbocycles. The highest BCUT2D eigenvalue weighted by Crippen LogP contribution is 2.27. The fourth-order valence-corrected chi connectivity index (χ4v) is 1.82. The van der Waals surface area contributed by atoms with Crippen LogP contribution < -0.4 is 0 Å². The van der Waals surface area contributed by atoms with Crippen LogP contribution in [0.1, 0.15) is 12.8 Å². The summed E-state index contributed by atoms with van der Waals surface area (Å²) in [5, 5.41) is 16.8. The van der Waals surface area contributed by atoms with Gasteiger partial charge in [0.05, 0.1) is 24.3 Å². The Balaban J connectivity index is 2.71. The van der Waals surface area contributed by atoms with Crippen LogP contribution in [0.25, 0.3) is 20.9 Å². The Kier molecular flexibility index (Phi) is 5.55. The maximum atomic E-state index is 9.74. The van der Waals surface area contributed by atoms with Gasteiger partial charge in [-0.25, -0.2) is 0 Å². The second-order valence-corrected chi connectivity index (χ2v) is 3.69. The number of hydrogen-bond acceptors (Lipinski definition) is 5. The van der Waals surface area contributed by atoms with Gasteiger partial charge in [0.1, 0.15) is 6.79 Å². The van der Waals surface area contributed by atoms with E-state index < -0.39 is 24.3 Å². The third kappa shape index (κ3) is 3.77. The second-order valence-electron chi connectivity index (χ2n) is 3.69. The first kappa shape index (κ1) is 13.6.